The first-order valence-corrected chi connectivity index (χ1v) is 4.87. The van der Waals surface area contributed by atoms with Gasteiger partial charge >= 0.3 is 5.69 Å². The van der Waals surface area contributed by atoms with E-state index in [0.29, 0.717) is 5.56 Å². The van der Waals surface area contributed by atoms with Gasteiger partial charge in [0.2, 0.25) is 5.75 Å². The molecular weight excluding hydrogens is 264 g/mol. The molecule has 4 N–H and O–H groups in total. The standard InChI is InChI=1S/C10H14N2O5.ClH/c1-5(13)9(11)6-3-7(12(15)16)10(14)8(4-6)17-2;/h3-5,9,13-14H,11H2,1-2H3;1H/t5-,9-;/m1./s1. The van der Waals surface area contributed by atoms with Crippen LogP contribution in [-0.2, 0) is 0 Å². The first kappa shape index (κ1) is 16.4. The van der Waals surface area contributed by atoms with Gasteiger partial charge < -0.3 is 20.7 Å². The van der Waals surface area contributed by atoms with Gasteiger partial charge in [0.15, 0.2) is 5.75 Å². The second kappa shape index (κ2) is 6.39. The number of aromatic hydroxyl groups is 1. The van der Waals surface area contributed by atoms with Gasteiger partial charge in [-0.3, -0.25) is 10.1 Å². The van der Waals surface area contributed by atoms with Gasteiger partial charge in [-0.1, -0.05) is 0 Å². The Balaban J connectivity index is 0.00000289. The Labute approximate surface area is 110 Å². The van der Waals surface area contributed by atoms with Crippen molar-refractivity contribution in [3.05, 3.63) is 27.8 Å². The van der Waals surface area contributed by atoms with E-state index in [2.05, 4.69) is 0 Å². The zero-order valence-electron chi connectivity index (χ0n) is 9.86. The molecule has 0 bridgehead atoms. The topological polar surface area (TPSA) is 119 Å². The molecule has 1 aromatic rings. The summed E-state index contributed by atoms with van der Waals surface area (Å²) in [4.78, 5) is 9.98. The minimum Gasteiger partial charge on any atom is -0.500 e. The van der Waals surface area contributed by atoms with E-state index in [1.54, 1.807) is 0 Å². The Morgan fingerprint density at radius 3 is 2.44 bits per heavy atom. The second-order valence-electron chi connectivity index (χ2n) is 3.61. The van der Waals surface area contributed by atoms with Gasteiger partial charge in [0, 0.05) is 6.07 Å². The summed E-state index contributed by atoms with van der Waals surface area (Å²) in [5.74, 6) is -0.607. The van der Waals surface area contributed by atoms with E-state index in [-0.39, 0.29) is 18.2 Å². The molecule has 18 heavy (non-hydrogen) atoms. The van der Waals surface area contributed by atoms with Crippen molar-refractivity contribution >= 4 is 18.1 Å². The molecule has 0 aromatic heterocycles. The number of halogens is 1. The summed E-state index contributed by atoms with van der Waals surface area (Å²) in [6.45, 7) is 1.47. The van der Waals surface area contributed by atoms with E-state index < -0.39 is 28.5 Å². The van der Waals surface area contributed by atoms with Gasteiger partial charge in [0.1, 0.15) is 0 Å². The van der Waals surface area contributed by atoms with E-state index in [4.69, 9.17) is 10.5 Å². The highest BCUT2D eigenvalue weighted by Crippen LogP contribution is 2.38. The van der Waals surface area contributed by atoms with E-state index >= 15 is 0 Å². The third kappa shape index (κ3) is 3.22. The third-order valence-electron chi connectivity index (χ3n) is 2.40. The molecule has 0 saturated carbocycles. The summed E-state index contributed by atoms with van der Waals surface area (Å²) in [7, 11) is 1.27. The molecule has 1 rings (SSSR count). The number of nitro groups is 1. The number of phenols is 1. The molecule has 0 unspecified atom stereocenters. The molecule has 0 amide bonds. The minimum absolute atomic E-state index is 0. The van der Waals surface area contributed by atoms with Crippen LogP contribution >= 0.6 is 12.4 Å². The molecule has 0 aliphatic rings. The maximum absolute atomic E-state index is 10.7. The van der Waals surface area contributed by atoms with E-state index in [1.807, 2.05) is 0 Å². The highest BCUT2D eigenvalue weighted by molar-refractivity contribution is 5.85. The number of hydrogen-bond donors (Lipinski definition) is 3. The molecule has 0 aliphatic carbocycles. The number of aliphatic hydroxyl groups is 1. The van der Waals surface area contributed by atoms with Crippen molar-refractivity contribution in [2.75, 3.05) is 7.11 Å². The normalized spacial score (nSPS) is 13.3. The van der Waals surface area contributed by atoms with Crippen molar-refractivity contribution in [2.24, 2.45) is 5.73 Å². The number of methoxy groups -OCH3 is 1. The zero-order valence-corrected chi connectivity index (χ0v) is 10.7. The predicted molar refractivity (Wildman–Crippen MR) is 67.2 cm³/mol. The minimum atomic E-state index is -0.871. The number of phenolic OH excluding ortho intramolecular Hbond substituents is 1. The molecule has 0 fully saturated rings. The third-order valence-corrected chi connectivity index (χ3v) is 2.40. The summed E-state index contributed by atoms with van der Waals surface area (Å²) in [5, 5.41) is 29.6. The molecule has 0 spiro atoms. The first-order valence-electron chi connectivity index (χ1n) is 4.87. The Morgan fingerprint density at radius 1 is 1.50 bits per heavy atom. The Kier molecular flexibility index (Phi) is 5.83. The average Bonchev–Trinajstić information content (AvgIpc) is 2.27. The largest absolute Gasteiger partial charge is 0.500 e. The van der Waals surface area contributed by atoms with Gasteiger partial charge in [0.25, 0.3) is 0 Å². The van der Waals surface area contributed by atoms with Crippen LogP contribution in [0.1, 0.15) is 18.5 Å². The van der Waals surface area contributed by atoms with Gasteiger partial charge in [0.05, 0.1) is 24.2 Å². The Hall–Kier alpha value is -1.57. The highest BCUT2D eigenvalue weighted by Gasteiger charge is 2.23. The number of rotatable bonds is 4. The number of nitrogens with two attached hydrogens (primary N) is 1. The maximum Gasteiger partial charge on any atom is 0.314 e. The zero-order chi connectivity index (χ0) is 13.2. The number of nitro benzene ring substituents is 1. The Morgan fingerprint density at radius 2 is 2.06 bits per heavy atom. The van der Waals surface area contributed by atoms with Crippen LogP contribution in [0, 0.1) is 10.1 Å². The average molecular weight is 279 g/mol. The van der Waals surface area contributed by atoms with Gasteiger partial charge in [-0.2, -0.15) is 0 Å². The van der Waals surface area contributed by atoms with Crippen molar-refractivity contribution in [3.8, 4) is 11.5 Å². The quantitative estimate of drug-likeness (QED) is 0.561. The van der Waals surface area contributed by atoms with Crippen molar-refractivity contribution in [1.82, 2.24) is 0 Å². The van der Waals surface area contributed by atoms with Crippen LogP contribution in [0.15, 0.2) is 12.1 Å². The van der Waals surface area contributed by atoms with Crippen molar-refractivity contribution in [1.29, 1.82) is 0 Å². The van der Waals surface area contributed by atoms with Crippen LogP contribution < -0.4 is 10.5 Å². The number of ether oxygens (including phenoxy) is 1. The van der Waals surface area contributed by atoms with Crippen LogP contribution in [0.2, 0.25) is 0 Å². The first-order chi connectivity index (χ1) is 7.88. The Bertz CT molecular complexity index is 439. The van der Waals surface area contributed by atoms with E-state index in [1.165, 1.54) is 20.1 Å². The van der Waals surface area contributed by atoms with Crippen LogP contribution in [0.3, 0.4) is 0 Å². The molecule has 0 aliphatic heterocycles. The lowest BCUT2D eigenvalue weighted by Crippen LogP contribution is -2.23. The summed E-state index contributed by atoms with van der Waals surface area (Å²) in [6.07, 6.45) is -0.871. The molecule has 8 heteroatoms. The van der Waals surface area contributed by atoms with Gasteiger partial charge in [-0.15, -0.1) is 12.4 Å². The van der Waals surface area contributed by atoms with Crippen LogP contribution in [0.4, 0.5) is 5.69 Å². The molecule has 0 heterocycles. The summed E-state index contributed by atoms with van der Waals surface area (Å²) in [6, 6.07) is 1.69. The fourth-order valence-electron chi connectivity index (χ4n) is 1.38. The van der Waals surface area contributed by atoms with Crippen molar-refractivity contribution in [3.63, 3.8) is 0 Å². The second-order valence-corrected chi connectivity index (χ2v) is 3.61. The SMILES string of the molecule is COc1cc([C@H](N)[C@@H](C)O)cc([N+](=O)[O-])c1O.Cl. The highest BCUT2D eigenvalue weighted by atomic mass is 35.5. The maximum atomic E-state index is 10.7. The fourth-order valence-corrected chi connectivity index (χ4v) is 1.38. The molecule has 2 atom stereocenters. The lowest BCUT2D eigenvalue weighted by atomic mass is 10.0. The van der Waals surface area contributed by atoms with Crippen molar-refractivity contribution < 1.29 is 19.9 Å². The molecule has 1 aromatic carbocycles. The molecular formula is C10H15ClN2O5. The predicted octanol–water partition coefficient (Wildman–Crippen LogP) is 1.11. The van der Waals surface area contributed by atoms with Crippen LogP contribution in [-0.4, -0.2) is 28.4 Å². The summed E-state index contributed by atoms with van der Waals surface area (Å²) < 4.78 is 4.81. The number of hydrogen-bond acceptors (Lipinski definition) is 6. The number of benzene rings is 1. The van der Waals surface area contributed by atoms with Gasteiger partial charge in [-0.05, 0) is 18.6 Å². The smallest absolute Gasteiger partial charge is 0.314 e. The van der Waals surface area contributed by atoms with Gasteiger partial charge in [-0.25, -0.2) is 0 Å². The molecule has 0 saturated heterocycles. The van der Waals surface area contributed by atoms with Crippen LogP contribution in [0.5, 0.6) is 11.5 Å². The number of nitrogens with zero attached hydrogens (tertiary/aromatic N) is 1. The summed E-state index contributed by atoms with van der Waals surface area (Å²) in [5.41, 5.74) is 5.49. The molecule has 7 nitrogen and oxygen atoms in total. The van der Waals surface area contributed by atoms with Crippen molar-refractivity contribution in [2.45, 2.75) is 19.1 Å². The monoisotopic (exact) mass is 278 g/mol. The molecule has 0 radical (unpaired) electrons. The summed E-state index contributed by atoms with van der Waals surface area (Å²) >= 11 is 0. The lowest BCUT2D eigenvalue weighted by molar-refractivity contribution is -0.386. The number of aliphatic hydroxyl groups excluding tert-OH is 1. The van der Waals surface area contributed by atoms with Crippen LogP contribution in [0.25, 0.3) is 0 Å². The lowest BCUT2D eigenvalue weighted by Gasteiger charge is -2.16. The fraction of sp³-hybridized carbons (Fsp3) is 0.400. The van der Waals surface area contributed by atoms with E-state index in [9.17, 15) is 20.3 Å². The molecule has 102 valence electrons. The van der Waals surface area contributed by atoms with E-state index in [0.717, 1.165) is 6.07 Å².